The van der Waals surface area contributed by atoms with E-state index in [0.717, 1.165) is 10.9 Å². The molecular formula is C15H13N3O2S. The van der Waals surface area contributed by atoms with Crippen molar-refractivity contribution in [2.24, 2.45) is 0 Å². The third kappa shape index (κ3) is 2.71. The van der Waals surface area contributed by atoms with Gasteiger partial charge in [-0.05, 0) is 28.5 Å². The van der Waals surface area contributed by atoms with Gasteiger partial charge in [-0.2, -0.15) is 5.10 Å². The molecule has 1 amide bonds. The number of aromatic nitrogens is 2. The number of thiophene rings is 1. The molecule has 1 aromatic carbocycles. The molecule has 2 aromatic heterocycles. The number of benzene rings is 1. The summed E-state index contributed by atoms with van der Waals surface area (Å²) in [6.07, 6.45) is 0. The van der Waals surface area contributed by atoms with Crippen molar-refractivity contribution in [1.29, 1.82) is 0 Å². The molecule has 0 radical (unpaired) electrons. The van der Waals surface area contributed by atoms with Crippen LogP contribution < -0.4 is 5.56 Å². The zero-order valence-electron chi connectivity index (χ0n) is 11.4. The van der Waals surface area contributed by atoms with E-state index in [-0.39, 0.29) is 17.2 Å². The minimum absolute atomic E-state index is 0.221. The Bertz CT molecular complexity index is 833. The van der Waals surface area contributed by atoms with Gasteiger partial charge in [0.1, 0.15) is 5.69 Å². The van der Waals surface area contributed by atoms with E-state index in [1.807, 2.05) is 12.1 Å². The first-order valence-electron chi connectivity index (χ1n) is 6.41. The summed E-state index contributed by atoms with van der Waals surface area (Å²) in [4.78, 5) is 24.8. The molecular weight excluding hydrogens is 286 g/mol. The van der Waals surface area contributed by atoms with Crippen LogP contribution in [0.4, 0.5) is 0 Å². The number of carbonyl (C=O) groups excluding carboxylic acids is 1. The molecule has 5 nitrogen and oxygen atoms in total. The van der Waals surface area contributed by atoms with Gasteiger partial charge in [-0.3, -0.25) is 9.59 Å². The minimum atomic E-state index is -0.321. The highest BCUT2D eigenvalue weighted by atomic mass is 32.1. The van der Waals surface area contributed by atoms with Gasteiger partial charge in [0.15, 0.2) is 0 Å². The highest BCUT2D eigenvalue weighted by molar-refractivity contribution is 7.17. The minimum Gasteiger partial charge on any atom is -0.336 e. The van der Waals surface area contributed by atoms with Crippen LogP contribution in [0.3, 0.4) is 0 Å². The fraction of sp³-hybridized carbons (Fsp3) is 0.133. The maximum absolute atomic E-state index is 12.3. The quantitative estimate of drug-likeness (QED) is 0.806. The van der Waals surface area contributed by atoms with Crippen molar-refractivity contribution in [1.82, 2.24) is 15.1 Å². The van der Waals surface area contributed by atoms with Crippen molar-refractivity contribution in [3.63, 3.8) is 0 Å². The van der Waals surface area contributed by atoms with Gasteiger partial charge < -0.3 is 4.90 Å². The Morgan fingerprint density at radius 3 is 2.86 bits per heavy atom. The Balaban J connectivity index is 1.82. The van der Waals surface area contributed by atoms with Crippen molar-refractivity contribution < 1.29 is 4.79 Å². The Labute approximate surface area is 124 Å². The molecule has 0 bridgehead atoms. The van der Waals surface area contributed by atoms with Gasteiger partial charge in [0, 0.05) is 24.4 Å². The molecule has 0 aliphatic heterocycles. The smallest absolute Gasteiger partial charge is 0.274 e. The number of nitrogens with zero attached hydrogens (tertiary/aromatic N) is 2. The summed E-state index contributed by atoms with van der Waals surface area (Å²) in [7, 11) is 1.72. The zero-order chi connectivity index (χ0) is 14.8. The predicted molar refractivity (Wildman–Crippen MR) is 82.5 cm³/mol. The number of rotatable bonds is 3. The molecule has 106 valence electrons. The third-order valence-electron chi connectivity index (χ3n) is 3.21. The lowest BCUT2D eigenvalue weighted by Crippen LogP contribution is -2.28. The Morgan fingerprint density at radius 2 is 2.10 bits per heavy atom. The number of hydrogen-bond acceptors (Lipinski definition) is 4. The normalized spacial score (nSPS) is 10.7. The van der Waals surface area contributed by atoms with Crippen LogP contribution in [0.15, 0.2) is 46.6 Å². The van der Waals surface area contributed by atoms with Gasteiger partial charge >= 0.3 is 0 Å². The molecule has 0 fully saturated rings. The lowest BCUT2D eigenvalue weighted by atomic mass is 10.1. The van der Waals surface area contributed by atoms with Crippen LogP contribution in [0.25, 0.3) is 10.1 Å². The summed E-state index contributed by atoms with van der Waals surface area (Å²) in [6, 6.07) is 10.8. The Morgan fingerprint density at radius 1 is 1.29 bits per heavy atom. The largest absolute Gasteiger partial charge is 0.336 e. The predicted octanol–water partition coefficient (Wildman–Crippen LogP) is 2.26. The number of aromatic amines is 1. The van der Waals surface area contributed by atoms with E-state index in [9.17, 15) is 9.59 Å². The molecule has 0 saturated heterocycles. The van der Waals surface area contributed by atoms with Crippen molar-refractivity contribution >= 4 is 27.3 Å². The average molecular weight is 299 g/mol. The lowest BCUT2D eigenvalue weighted by molar-refractivity contribution is 0.0778. The SMILES string of the molecule is CN(Cc1csc2ccccc12)C(=O)c1ccc(=O)[nH]n1. The third-order valence-corrected chi connectivity index (χ3v) is 4.23. The van der Waals surface area contributed by atoms with E-state index in [4.69, 9.17) is 0 Å². The highest BCUT2D eigenvalue weighted by Crippen LogP contribution is 2.26. The van der Waals surface area contributed by atoms with Gasteiger partial charge in [0.05, 0.1) is 0 Å². The van der Waals surface area contributed by atoms with Crippen LogP contribution in [0.5, 0.6) is 0 Å². The van der Waals surface area contributed by atoms with Crippen molar-refractivity contribution in [3.05, 3.63) is 63.4 Å². The van der Waals surface area contributed by atoms with Crippen molar-refractivity contribution in [3.8, 4) is 0 Å². The zero-order valence-corrected chi connectivity index (χ0v) is 12.2. The van der Waals surface area contributed by atoms with Crippen LogP contribution in [0.1, 0.15) is 16.1 Å². The van der Waals surface area contributed by atoms with E-state index in [0.29, 0.717) is 6.54 Å². The van der Waals surface area contributed by atoms with Gasteiger partial charge in [0.2, 0.25) is 0 Å². The van der Waals surface area contributed by atoms with Crippen molar-refractivity contribution in [2.75, 3.05) is 7.05 Å². The molecule has 3 rings (SSSR count). The van der Waals surface area contributed by atoms with E-state index >= 15 is 0 Å². The molecule has 1 N–H and O–H groups in total. The second-order valence-corrected chi connectivity index (χ2v) is 5.64. The molecule has 0 spiro atoms. The van der Waals surface area contributed by atoms with Gasteiger partial charge in [-0.15, -0.1) is 11.3 Å². The van der Waals surface area contributed by atoms with Crippen LogP contribution in [0.2, 0.25) is 0 Å². The van der Waals surface area contributed by atoms with E-state index < -0.39 is 0 Å². The monoisotopic (exact) mass is 299 g/mol. The molecule has 21 heavy (non-hydrogen) atoms. The molecule has 0 saturated carbocycles. The molecule has 0 aliphatic carbocycles. The Kier molecular flexibility index (Phi) is 3.53. The van der Waals surface area contributed by atoms with Crippen LogP contribution in [-0.2, 0) is 6.54 Å². The first-order chi connectivity index (χ1) is 10.1. The van der Waals surface area contributed by atoms with Gasteiger partial charge in [-0.25, -0.2) is 5.10 Å². The molecule has 3 aromatic rings. The summed E-state index contributed by atoms with van der Waals surface area (Å²) in [6.45, 7) is 0.504. The molecule has 0 aliphatic rings. The van der Waals surface area contributed by atoms with E-state index in [1.165, 1.54) is 16.8 Å². The van der Waals surface area contributed by atoms with Crippen LogP contribution >= 0.6 is 11.3 Å². The first-order valence-corrected chi connectivity index (χ1v) is 7.29. The highest BCUT2D eigenvalue weighted by Gasteiger charge is 2.15. The lowest BCUT2D eigenvalue weighted by Gasteiger charge is -2.16. The number of fused-ring (bicyclic) bond motifs is 1. The molecule has 0 atom stereocenters. The summed E-state index contributed by atoms with van der Waals surface area (Å²) < 4.78 is 1.20. The average Bonchev–Trinajstić information content (AvgIpc) is 2.91. The van der Waals surface area contributed by atoms with Crippen molar-refractivity contribution in [2.45, 2.75) is 6.54 Å². The Hall–Kier alpha value is -2.47. The standard InChI is InChI=1S/C15H13N3O2S/c1-18(15(20)12-6-7-14(19)17-16-12)8-10-9-21-13-5-3-2-4-11(10)13/h2-7,9H,8H2,1H3,(H,17,19). The topological polar surface area (TPSA) is 66.1 Å². The van der Waals surface area contributed by atoms with Crippen LogP contribution in [-0.4, -0.2) is 28.1 Å². The maximum Gasteiger partial charge on any atom is 0.274 e. The number of nitrogens with one attached hydrogen (secondary N) is 1. The molecule has 2 heterocycles. The van der Waals surface area contributed by atoms with Gasteiger partial charge in [0.25, 0.3) is 11.5 Å². The van der Waals surface area contributed by atoms with Crippen LogP contribution in [0, 0.1) is 0 Å². The summed E-state index contributed by atoms with van der Waals surface area (Å²) >= 11 is 1.66. The summed E-state index contributed by atoms with van der Waals surface area (Å²) in [5, 5.41) is 9.27. The van der Waals surface area contributed by atoms with Gasteiger partial charge in [-0.1, -0.05) is 18.2 Å². The number of carbonyl (C=O) groups is 1. The first kappa shape index (κ1) is 13.5. The molecule has 6 heteroatoms. The number of H-pyrrole nitrogens is 1. The number of amides is 1. The fourth-order valence-corrected chi connectivity index (χ4v) is 3.10. The second-order valence-electron chi connectivity index (χ2n) is 4.72. The summed E-state index contributed by atoms with van der Waals surface area (Å²) in [5.74, 6) is -0.221. The second kappa shape index (κ2) is 5.49. The van der Waals surface area contributed by atoms with E-state index in [2.05, 4.69) is 27.7 Å². The summed E-state index contributed by atoms with van der Waals surface area (Å²) in [5.41, 5.74) is 1.02. The molecule has 0 unspecified atom stereocenters. The van der Waals surface area contributed by atoms with E-state index in [1.54, 1.807) is 23.3 Å². The maximum atomic E-state index is 12.3. The number of hydrogen-bond donors (Lipinski definition) is 1. The fourth-order valence-electron chi connectivity index (χ4n) is 2.14.